The van der Waals surface area contributed by atoms with Crippen LogP contribution in [0.15, 0.2) is 25.3 Å². The largest absolute Gasteiger partial charge is 0.416 e. The van der Waals surface area contributed by atoms with Gasteiger partial charge in [0.25, 0.3) is 0 Å². The van der Waals surface area contributed by atoms with E-state index in [-0.39, 0.29) is 11.0 Å². The Labute approximate surface area is 79.1 Å². The van der Waals surface area contributed by atoms with E-state index >= 15 is 0 Å². The van der Waals surface area contributed by atoms with Gasteiger partial charge < -0.3 is 4.43 Å². The molecule has 0 saturated heterocycles. The molecule has 0 aromatic carbocycles. The normalized spacial score (nSPS) is 12.9. The van der Waals surface area contributed by atoms with Crippen LogP contribution >= 0.6 is 0 Å². The Bertz CT molecular complexity index is 159. The van der Waals surface area contributed by atoms with Gasteiger partial charge in [-0.15, -0.1) is 0 Å². The Morgan fingerprint density at radius 1 is 1.25 bits per heavy atom. The first-order valence-electron chi connectivity index (χ1n) is 4.21. The first kappa shape index (κ1) is 11.7. The van der Waals surface area contributed by atoms with Crippen molar-refractivity contribution in [2.75, 3.05) is 0 Å². The molecular weight excluding hydrogens is 164 g/mol. The summed E-state index contributed by atoms with van der Waals surface area (Å²) in [4.78, 5) is 0. The molecule has 0 amide bonds. The molecule has 0 N–H and O–H groups in total. The molecule has 0 atom stereocenters. The van der Waals surface area contributed by atoms with Gasteiger partial charge in [0, 0.05) is 0 Å². The molecule has 0 unspecified atom stereocenters. The maximum atomic E-state index is 5.52. The van der Waals surface area contributed by atoms with Crippen LogP contribution < -0.4 is 0 Å². The van der Waals surface area contributed by atoms with Crippen LogP contribution in [0.3, 0.4) is 0 Å². The highest BCUT2D eigenvalue weighted by atomic mass is 28.2. The molecule has 0 spiro atoms. The number of hydrogen-bond donors (Lipinski definition) is 0. The predicted molar refractivity (Wildman–Crippen MR) is 58.2 cm³/mol. The second kappa shape index (κ2) is 4.05. The lowest BCUT2D eigenvalue weighted by Crippen LogP contribution is -2.31. The standard InChI is InChI=1S/C10H20OSi/c1-6-10(7-2,11-12)8-9(3,4)5/h6-7H,1-2,8H2,3-5,12H3. The van der Waals surface area contributed by atoms with Gasteiger partial charge in [-0.2, -0.15) is 0 Å². The summed E-state index contributed by atoms with van der Waals surface area (Å²) in [5, 5.41) is 0. The zero-order valence-corrected chi connectivity index (χ0v) is 10.7. The van der Waals surface area contributed by atoms with E-state index in [4.69, 9.17) is 4.43 Å². The van der Waals surface area contributed by atoms with E-state index < -0.39 is 0 Å². The fraction of sp³-hybridized carbons (Fsp3) is 0.600. The van der Waals surface area contributed by atoms with Crippen molar-refractivity contribution in [2.45, 2.75) is 32.8 Å². The van der Waals surface area contributed by atoms with Crippen LogP contribution in [0.5, 0.6) is 0 Å². The molecule has 0 bridgehead atoms. The fourth-order valence-electron chi connectivity index (χ4n) is 1.30. The molecule has 0 fully saturated rings. The lowest BCUT2D eigenvalue weighted by molar-refractivity contribution is 0.128. The van der Waals surface area contributed by atoms with Crippen LogP contribution in [0.1, 0.15) is 27.2 Å². The lowest BCUT2D eigenvalue weighted by atomic mass is 9.82. The summed E-state index contributed by atoms with van der Waals surface area (Å²) in [6.45, 7) is 14.1. The maximum Gasteiger partial charge on any atom is 0.147 e. The van der Waals surface area contributed by atoms with E-state index in [0.29, 0.717) is 10.5 Å². The third-order valence-corrected chi connectivity index (χ3v) is 2.64. The Balaban J connectivity index is 4.52. The zero-order valence-electron chi connectivity index (χ0n) is 8.68. The molecule has 1 nitrogen and oxygen atoms in total. The highest BCUT2D eigenvalue weighted by Crippen LogP contribution is 2.30. The van der Waals surface area contributed by atoms with Crippen molar-refractivity contribution in [3.05, 3.63) is 25.3 Å². The molecule has 2 heteroatoms. The summed E-state index contributed by atoms with van der Waals surface area (Å²) in [5.41, 5.74) is -0.0583. The molecule has 0 radical (unpaired) electrons. The zero-order chi connectivity index (χ0) is 9.83. The smallest absolute Gasteiger partial charge is 0.147 e. The molecule has 0 saturated carbocycles. The first-order valence-corrected chi connectivity index (χ1v) is 5.03. The minimum Gasteiger partial charge on any atom is -0.416 e. The van der Waals surface area contributed by atoms with Crippen LogP contribution in [0.25, 0.3) is 0 Å². The highest BCUT2D eigenvalue weighted by molar-refractivity contribution is 5.98. The van der Waals surface area contributed by atoms with Gasteiger partial charge in [0.2, 0.25) is 0 Å². The van der Waals surface area contributed by atoms with E-state index in [1.807, 2.05) is 12.2 Å². The van der Waals surface area contributed by atoms with Crippen molar-refractivity contribution >= 4 is 10.5 Å². The van der Waals surface area contributed by atoms with Gasteiger partial charge >= 0.3 is 0 Å². The summed E-state index contributed by atoms with van der Waals surface area (Å²) < 4.78 is 5.52. The molecule has 70 valence electrons. The number of hydrogen-bond acceptors (Lipinski definition) is 1. The minimum absolute atomic E-state index is 0.243. The quantitative estimate of drug-likeness (QED) is 0.478. The monoisotopic (exact) mass is 184 g/mol. The molecule has 0 aromatic rings. The lowest BCUT2D eigenvalue weighted by Gasteiger charge is -2.33. The predicted octanol–water partition coefficient (Wildman–Crippen LogP) is 1.83. The SMILES string of the molecule is C=CC(C=C)(CC(C)(C)C)O[SiH3]. The molecule has 0 heterocycles. The first-order chi connectivity index (χ1) is 5.39. The second-order valence-corrected chi connectivity index (χ2v) is 4.71. The summed E-state index contributed by atoms with van der Waals surface area (Å²) in [7, 11) is 0.716. The van der Waals surface area contributed by atoms with Gasteiger partial charge in [-0.25, -0.2) is 0 Å². The van der Waals surface area contributed by atoms with Crippen molar-refractivity contribution in [3.63, 3.8) is 0 Å². The van der Waals surface area contributed by atoms with Crippen LogP contribution in [-0.2, 0) is 4.43 Å². The molecule has 0 aliphatic rings. The minimum atomic E-state index is -0.301. The van der Waals surface area contributed by atoms with Crippen molar-refractivity contribution in [1.29, 1.82) is 0 Å². The molecule has 0 aliphatic heterocycles. The number of rotatable bonds is 4. The van der Waals surface area contributed by atoms with Gasteiger partial charge in [0.05, 0.1) is 5.60 Å². The maximum absolute atomic E-state index is 5.52. The summed E-state index contributed by atoms with van der Waals surface area (Å²) in [6, 6.07) is 0. The van der Waals surface area contributed by atoms with Crippen LogP contribution in [0, 0.1) is 5.41 Å². The molecule has 0 aliphatic carbocycles. The Morgan fingerprint density at radius 3 is 1.75 bits per heavy atom. The molecular formula is C10H20OSi. The van der Waals surface area contributed by atoms with Crippen LogP contribution in [0.2, 0.25) is 0 Å². The van der Waals surface area contributed by atoms with Gasteiger partial charge in [0.15, 0.2) is 0 Å². The average molecular weight is 184 g/mol. The summed E-state index contributed by atoms with van der Waals surface area (Å²) in [6.07, 6.45) is 4.63. The van der Waals surface area contributed by atoms with Crippen molar-refractivity contribution in [3.8, 4) is 0 Å². The fourth-order valence-corrected chi connectivity index (χ4v) is 1.77. The average Bonchev–Trinajstić information content (AvgIpc) is 1.99. The third kappa shape index (κ3) is 3.37. The Morgan fingerprint density at radius 2 is 1.67 bits per heavy atom. The van der Waals surface area contributed by atoms with Crippen molar-refractivity contribution in [2.24, 2.45) is 5.41 Å². The second-order valence-electron chi connectivity index (χ2n) is 4.30. The third-order valence-electron chi connectivity index (χ3n) is 1.88. The van der Waals surface area contributed by atoms with E-state index in [1.54, 1.807) is 0 Å². The van der Waals surface area contributed by atoms with E-state index in [1.165, 1.54) is 0 Å². The van der Waals surface area contributed by atoms with E-state index in [0.717, 1.165) is 6.42 Å². The highest BCUT2D eigenvalue weighted by Gasteiger charge is 2.27. The molecule has 12 heavy (non-hydrogen) atoms. The van der Waals surface area contributed by atoms with Crippen LogP contribution in [0.4, 0.5) is 0 Å². The van der Waals surface area contributed by atoms with Gasteiger partial charge in [0.1, 0.15) is 10.5 Å². The van der Waals surface area contributed by atoms with Gasteiger partial charge in [-0.05, 0) is 11.8 Å². The van der Waals surface area contributed by atoms with Gasteiger partial charge in [-0.1, -0.05) is 46.1 Å². The molecule has 0 aromatic heterocycles. The molecule has 0 rings (SSSR count). The summed E-state index contributed by atoms with van der Waals surface area (Å²) in [5.74, 6) is 0. The van der Waals surface area contributed by atoms with Crippen molar-refractivity contribution < 1.29 is 4.43 Å². The summed E-state index contributed by atoms with van der Waals surface area (Å²) >= 11 is 0. The van der Waals surface area contributed by atoms with Gasteiger partial charge in [-0.3, -0.25) is 0 Å². The van der Waals surface area contributed by atoms with Crippen molar-refractivity contribution in [1.82, 2.24) is 0 Å². The van der Waals surface area contributed by atoms with E-state index in [2.05, 4.69) is 33.9 Å². The van der Waals surface area contributed by atoms with Crippen LogP contribution in [-0.4, -0.2) is 16.1 Å². The van der Waals surface area contributed by atoms with E-state index in [9.17, 15) is 0 Å². The Kier molecular flexibility index (Phi) is 3.94. The topological polar surface area (TPSA) is 9.23 Å². The Hall–Kier alpha value is -0.343.